The summed E-state index contributed by atoms with van der Waals surface area (Å²) in [5.74, 6) is 0.612. The lowest BCUT2D eigenvalue weighted by atomic mass is 10.2. The average molecular weight is 422 g/mol. The topological polar surface area (TPSA) is 67.1 Å². The lowest BCUT2D eigenvalue weighted by Crippen LogP contribution is -2.20. The van der Waals surface area contributed by atoms with Crippen molar-refractivity contribution in [2.75, 3.05) is 22.5 Å². The van der Waals surface area contributed by atoms with Gasteiger partial charge < -0.3 is 16.0 Å². The maximum Gasteiger partial charge on any atom is 0.416 e. The Morgan fingerprint density at radius 1 is 1.14 bits per heavy atom. The van der Waals surface area contributed by atoms with Gasteiger partial charge in [0.05, 0.1) is 16.3 Å². The first-order valence-corrected chi connectivity index (χ1v) is 9.17. The van der Waals surface area contributed by atoms with Crippen LogP contribution in [0.25, 0.3) is 0 Å². The number of aryl methyl sites for hydroxylation is 1. The number of hydrogen-bond donors (Lipinski definition) is 2. The van der Waals surface area contributed by atoms with Gasteiger partial charge in [-0.05, 0) is 49.7 Å². The smallest absolute Gasteiger partial charge is 0.393 e. The van der Waals surface area contributed by atoms with Gasteiger partial charge in [0, 0.05) is 12.2 Å². The Balaban J connectivity index is 1.99. The summed E-state index contributed by atoms with van der Waals surface area (Å²) in [7, 11) is 0. The fraction of sp³-hybridized carbons (Fsp3) is 0.200. The van der Waals surface area contributed by atoms with Crippen molar-refractivity contribution in [3.8, 4) is 0 Å². The SMILES string of the molecule is CCN(c1cccc(C)c1)c1ncnc(Nc2cc(C(F)(F)F)ccc2Cl)c1N. The second-order valence-corrected chi connectivity index (χ2v) is 6.77. The van der Waals surface area contributed by atoms with Crippen LogP contribution in [0.4, 0.5) is 41.9 Å². The van der Waals surface area contributed by atoms with Gasteiger partial charge in [-0.15, -0.1) is 0 Å². The van der Waals surface area contributed by atoms with E-state index in [1.54, 1.807) is 0 Å². The Morgan fingerprint density at radius 2 is 1.90 bits per heavy atom. The normalized spacial score (nSPS) is 11.4. The fourth-order valence-electron chi connectivity index (χ4n) is 2.88. The predicted octanol–water partition coefficient (Wildman–Crippen LogP) is 5.94. The number of aromatic nitrogens is 2. The number of nitrogens with one attached hydrogen (secondary N) is 1. The molecule has 0 atom stereocenters. The summed E-state index contributed by atoms with van der Waals surface area (Å²) in [4.78, 5) is 10.2. The van der Waals surface area contributed by atoms with E-state index in [0.717, 1.165) is 23.4 Å². The average Bonchev–Trinajstić information content (AvgIpc) is 2.66. The molecule has 3 N–H and O–H groups in total. The third-order valence-corrected chi connectivity index (χ3v) is 4.62. The van der Waals surface area contributed by atoms with Gasteiger partial charge in [-0.3, -0.25) is 0 Å². The Morgan fingerprint density at radius 3 is 2.55 bits per heavy atom. The lowest BCUT2D eigenvalue weighted by Gasteiger charge is -2.24. The Kier molecular flexibility index (Phi) is 5.83. The molecule has 0 spiro atoms. The van der Waals surface area contributed by atoms with Gasteiger partial charge in [0.2, 0.25) is 0 Å². The third-order valence-electron chi connectivity index (χ3n) is 4.29. The van der Waals surface area contributed by atoms with Gasteiger partial charge in [-0.25, -0.2) is 9.97 Å². The molecule has 0 aliphatic heterocycles. The molecule has 152 valence electrons. The first kappa shape index (κ1) is 20.7. The molecule has 0 aliphatic carbocycles. The molecule has 9 heteroatoms. The van der Waals surface area contributed by atoms with Crippen LogP contribution in [0.2, 0.25) is 5.02 Å². The van der Waals surface area contributed by atoms with Crippen molar-refractivity contribution < 1.29 is 13.2 Å². The van der Waals surface area contributed by atoms with E-state index >= 15 is 0 Å². The van der Waals surface area contributed by atoms with E-state index in [0.29, 0.717) is 12.4 Å². The zero-order chi connectivity index (χ0) is 21.2. The summed E-state index contributed by atoms with van der Waals surface area (Å²) in [5, 5.41) is 2.91. The van der Waals surface area contributed by atoms with Crippen LogP contribution in [-0.2, 0) is 6.18 Å². The van der Waals surface area contributed by atoms with Crippen molar-refractivity contribution >= 4 is 40.3 Å². The van der Waals surface area contributed by atoms with Crippen molar-refractivity contribution in [3.63, 3.8) is 0 Å². The number of nitrogens with zero attached hydrogens (tertiary/aromatic N) is 3. The molecule has 0 aliphatic rings. The fourth-order valence-corrected chi connectivity index (χ4v) is 3.04. The van der Waals surface area contributed by atoms with E-state index in [4.69, 9.17) is 17.3 Å². The van der Waals surface area contributed by atoms with Crippen LogP contribution < -0.4 is 16.0 Å². The molecule has 1 aromatic heterocycles. The van der Waals surface area contributed by atoms with Crippen LogP contribution in [0.5, 0.6) is 0 Å². The van der Waals surface area contributed by atoms with Gasteiger partial charge in [-0.2, -0.15) is 13.2 Å². The minimum absolute atomic E-state index is 0.0523. The van der Waals surface area contributed by atoms with Crippen molar-refractivity contribution in [1.29, 1.82) is 0 Å². The molecule has 29 heavy (non-hydrogen) atoms. The molecule has 3 aromatic rings. The van der Waals surface area contributed by atoms with Crippen LogP contribution in [-0.4, -0.2) is 16.5 Å². The van der Waals surface area contributed by atoms with Gasteiger partial charge in [-0.1, -0.05) is 23.7 Å². The highest BCUT2D eigenvalue weighted by atomic mass is 35.5. The summed E-state index contributed by atoms with van der Waals surface area (Å²) in [6.07, 6.45) is -3.19. The van der Waals surface area contributed by atoms with E-state index in [9.17, 15) is 13.2 Å². The van der Waals surface area contributed by atoms with Crippen LogP contribution in [0, 0.1) is 6.92 Å². The molecule has 0 fully saturated rings. The summed E-state index contributed by atoms with van der Waals surface area (Å²) in [6.45, 7) is 4.50. The van der Waals surface area contributed by atoms with E-state index < -0.39 is 11.7 Å². The minimum atomic E-state index is -4.49. The minimum Gasteiger partial charge on any atom is -0.393 e. The Hall–Kier alpha value is -3.00. The van der Waals surface area contributed by atoms with Gasteiger partial charge in [0.1, 0.15) is 12.0 Å². The van der Waals surface area contributed by atoms with Crippen LogP contribution >= 0.6 is 11.6 Å². The second-order valence-electron chi connectivity index (χ2n) is 6.36. The monoisotopic (exact) mass is 421 g/mol. The highest BCUT2D eigenvalue weighted by molar-refractivity contribution is 6.33. The molecule has 0 bridgehead atoms. The highest BCUT2D eigenvalue weighted by Gasteiger charge is 2.31. The first-order valence-electron chi connectivity index (χ1n) is 8.79. The number of hydrogen-bond acceptors (Lipinski definition) is 5. The van der Waals surface area contributed by atoms with E-state index in [2.05, 4.69) is 15.3 Å². The van der Waals surface area contributed by atoms with Crippen molar-refractivity contribution in [2.45, 2.75) is 20.0 Å². The molecule has 1 heterocycles. The number of anilines is 5. The van der Waals surface area contributed by atoms with Crippen LogP contribution in [0.15, 0.2) is 48.8 Å². The van der Waals surface area contributed by atoms with Crippen molar-refractivity contribution in [1.82, 2.24) is 9.97 Å². The summed E-state index contributed by atoms with van der Waals surface area (Å²) >= 11 is 6.07. The molecule has 2 aromatic carbocycles. The number of rotatable bonds is 5. The first-order chi connectivity index (χ1) is 13.7. The predicted molar refractivity (Wildman–Crippen MR) is 110 cm³/mol. The van der Waals surface area contributed by atoms with Crippen LogP contribution in [0.1, 0.15) is 18.1 Å². The molecular formula is C20H19ClF3N5. The Labute approximate surface area is 171 Å². The van der Waals surface area contributed by atoms with Crippen molar-refractivity contribution in [2.24, 2.45) is 0 Å². The van der Waals surface area contributed by atoms with Crippen molar-refractivity contribution in [3.05, 3.63) is 64.9 Å². The third kappa shape index (κ3) is 4.54. The summed E-state index contributed by atoms with van der Waals surface area (Å²) in [6, 6.07) is 10.8. The largest absolute Gasteiger partial charge is 0.416 e. The molecule has 3 rings (SSSR count). The molecular weight excluding hydrogens is 403 g/mol. The van der Waals surface area contributed by atoms with Gasteiger partial charge in [0.15, 0.2) is 11.6 Å². The molecule has 0 saturated heterocycles. The van der Waals surface area contributed by atoms with E-state index in [1.165, 1.54) is 12.4 Å². The number of nitrogen functional groups attached to an aromatic ring is 1. The summed E-state index contributed by atoms with van der Waals surface area (Å²) in [5.41, 5.74) is 7.65. The standard InChI is InChI=1S/C20H19ClF3N5/c1-3-29(14-6-4-5-12(2)9-14)19-17(25)18(26-11-27-19)28-16-10-13(20(22,23)24)7-8-15(16)21/h4-11H,3,25H2,1-2H3,(H,26,27,28). The van der Waals surface area contributed by atoms with Gasteiger partial charge >= 0.3 is 6.18 Å². The molecule has 5 nitrogen and oxygen atoms in total. The maximum absolute atomic E-state index is 13.0. The number of alkyl halides is 3. The van der Waals surface area contributed by atoms with Gasteiger partial charge in [0.25, 0.3) is 0 Å². The van der Waals surface area contributed by atoms with Crippen LogP contribution in [0.3, 0.4) is 0 Å². The highest BCUT2D eigenvalue weighted by Crippen LogP contribution is 2.37. The molecule has 0 amide bonds. The maximum atomic E-state index is 13.0. The second kappa shape index (κ2) is 8.16. The Bertz CT molecular complexity index is 1020. The quantitative estimate of drug-likeness (QED) is 0.533. The zero-order valence-electron chi connectivity index (χ0n) is 15.8. The molecule has 0 saturated carbocycles. The molecule has 0 unspecified atom stereocenters. The van der Waals surface area contributed by atoms with E-state index in [-0.39, 0.29) is 22.2 Å². The lowest BCUT2D eigenvalue weighted by molar-refractivity contribution is -0.137. The number of halogens is 4. The summed E-state index contributed by atoms with van der Waals surface area (Å²) < 4.78 is 39.1. The zero-order valence-corrected chi connectivity index (χ0v) is 16.5. The van der Waals surface area contributed by atoms with E-state index in [1.807, 2.05) is 43.0 Å². The molecule has 0 radical (unpaired) electrons. The number of benzene rings is 2. The number of nitrogens with two attached hydrogens (primary N) is 1.